The van der Waals surface area contributed by atoms with Crippen molar-refractivity contribution in [2.75, 3.05) is 38.1 Å². The quantitative estimate of drug-likeness (QED) is 0.804. The molecule has 1 N–H and O–H groups in total. The van der Waals surface area contributed by atoms with Crippen molar-refractivity contribution in [2.24, 2.45) is 0 Å². The van der Waals surface area contributed by atoms with Crippen LogP contribution in [-0.4, -0.2) is 50.4 Å². The molecule has 0 aromatic heterocycles. The van der Waals surface area contributed by atoms with Gasteiger partial charge in [0.25, 0.3) is 0 Å². The second-order valence-electron chi connectivity index (χ2n) is 6.24. The number of hydrogen-bond donors (Lipinski definition) is 1. The van der Waals surface area contributed by atoms with E-state index >= 15 is 0 Å². The smallest absolute Gasteiger partial charge is 0.226 e. The highest BCUT2D eigenvalue weighted by atomic mass is 19.1. The monoisotopic (exact) mass is 339 g/mol. The lowest BCUT2D eigenvalue weighted by molar-refractivity contribution is -0.125. The number of nitrogens with one attached hydrogen (secondary N) is 1. The fourth-order valence-corrected chi connectivity index (χ4v) is 2.92. The highest BCUT2D eigenvalue weighted by Crippen LogP contribution is 2.30. The lowest BCUT2D eigenvalue weighted by Gasteiger charge is -2.34. The third-order valence-electron chi connectivity index (χ3n) is 4.45. The molecule has 0 spiro atoms. The predicted molar refractivity (Wildman–Crippen MR) is 87.9 cm³/mol. The van der Waals surface area contributed by atoms with Crippen LogP contribution in [0.1, 0.15) is 31.2 Å². The second-order valence-corrected chi connectivity index (χ2v) is 6.24. The van der Waals surface area contributed by atoms with Crippen LogP contribution in [0.15, 0.2) is 12.1 Å². The van der Waals surface area contributed by atoms with Crippen molar-refractivity contribution in [3.63, 3.8) is 0 Å². The Morgan fingerprint density at radius 1 is 1.25 bits per heavy atom. The van der Waals surface area contributed by atoms with Crippen LogP contribution >= 0.6 is 0 Å². The number of rotatable bonds is 6. The second kappa shape index (κ2) is 8.19. The Balaban J connectivity index is 2.08. The van der Waals surface area contributed by atoms with Crippen LogP contribution in [-0.2, 0) is 9.59 Å². The van der Waals surface area contributed by atoms with E-state index in [2.05, 4.69) is 4.90 Å². The number of imide groups is 1. The van der Waals surface area contributed by atoms with Gasteiger partial charge in [0.1, 0.15) is 11.6 Å². The van der Waals surface area contributed by atoms with Crippen molar-refractivity contribution in [3.05, 3.63) is 29.3 Å². The van der Waals surface area contributed by atoms with E-state index < -0.39 is 23.5 Å². The van der Waals surface area contributed by atoms with Crippen LogP contribution in [0.2, 0.25) is 0 Å². The fraction of sp³-hybridized carbons (Fsp3) is 0.529. The third kappa shape index (κ3) is 4.50. The van der Waals surface area contributed by atoms with Crippen LogP contribution in [0.25, 0.3) is 0 Å². The zero-order valence-electron chi connectivity index (χ0n) is 14.0. The number of benzene rings is 1. The van der Waals surface area contributed by atoms with E-state index in [1.165, 1.54) is 12.1 Å². The Labute approximate surface area is 140 Å². The summed E-state index contributed by atoms with van der Waals surface area (Å²) in [6.45, 7) is 4.85. The number of nitrogens with zero attached hydrogens (tertiary/aromatic N) is 2. The van der Waals surface area contributed by atoms with Crippen molar-refractivity contribution in [3.8, 4) is 0 Å². The molecule has 1 aliphatic rings. The number of halogens is 2. The summed E-state index contributed by atoms with van der Waals surface area (Å²) in [7, 11) is 2.02. The lowest BCUT2D eigenvalue weighted by atomic mass is 9.94. The van der Waals surface area contributed by atoms with Crippen molar-refractivity contribution < 1.29 is 18.4 Å². The molecule has 1 aliphatic heterocycles. The molecule has 1 aromatic rings. The zero-order valence-corrected chi connectivity index (χ0v) is 14.0. The summed E-state index contributed by atoms with van der Waals surface area (Å²) in [5, 5.41) is 2.02. The minimum Gasteiger partial charge on any atom is -0.369 e. The summed E-state index contributed by atoms with van der Waals surface area (Å²) in [6, 6.07) is 2.73. The number of likely N-dealkylation sites (N-methyl/N-ethyl adjacent to an activating group) is 1. The first-order valence-corrected chi connectivity index (χ1v) is 8.07. The molecule has 0 bridgehead atoms. The van der Waals surface area contributed by atoms with Gasteiger partial charge >= 0.3 is 0 Å². The molecule has 1 saturated heterocycles. The molecule has 0 saturated carbocycles. The maximum absolute atomic E-state index is 14.4. The molecule has 7 heteroatoms. The molecule has 0 aliphatic carbocycles. The van der Waals surface area contributed by atoms with Gasteiger partial charge in [-0.1, -0.05) is 6.92 Å². The Kier molecular flexibility index (Phi) is 6.25. The van der Waals surface area contributed by atoms with Gasteiger partial charge in [-0.15, -0.1) is 0 Å². The van der Waals surface area contributed by atoms with Gasteiger partial charge in [-0.3, -0.25) is 14.9 Å². The first-order chi connectivity index (χ1) is 11.4. The Morgan fingerprint density at radius 3 is 2.38 bits per heavy atom. The van der Waals surface area contributed by atoms with Gasteiger partial charge in [-0.2, -0.15) is 0 Å². The van der Waals surface area contributed by atoms with E-state index in [0.717, 1.165) is 26.2 Å². The average Bonchev–Trinajstić information content (AvgIpc) is 2.53. The van der Waals surface area contributed by atoms with Crippen LogP contribution < -0.4 is 10.2 Å². The summed E-state index contributed by atoms with van der Waals surface area (Å²) in [5.41, 5.74) is 0.541. The van der Waals surface area contributed by atoms with Gasteiger partial charge in [0.2, 0.25) is 12.3 Å². The largest absolute Gasteiger partial charge is 0.369 e. The molecule has 2 rings (SSSR count). The molecular weight excluding hydrogens is 316 g/mol. The standard InChI is InChI=1S/C17H23F2N3O2/c1-12(3-4-16(24)20-11-23)17-14(18)9-13(10-15(17)19)22-7-5-21(2)6-8-22/h9-12H,3-8H2,1-2H3,(H,20,23,24). The first-order valence-electron chi connectivity index (χ1n) is 8.07. The SMILES string of the molecule is CC(CCC(=O)NC=O)c1c(F)cc(N2CCN(C)CC2)cc1F. The van der Waals surface area contributed by atoms with Crippen molar-refractivity contribution in [1.82, 2.24) is 10.2 Å². The molecular formula is C17H23F2N3O2. The Bertz CT molecular complexity index is 578. The maximum atomic E-state index is 14.4. The molecule has 1 atom stereocenters. The van der Waals surface area contributed by atoms with Crippen LogP contribution in [0, 0.1) is 11.6 Å². The van der Waals surface area contributed by atoms with Gasteiger partial charge in [-0.25, -0.2) is 8.78 Å². The highest BCUT2D eigenvalue weighted by molar-refractivity contribution is 5.85. The first kappa shape index (κ1) is 18.3. The molecule has 0 radical (unpaired) electrons. The van der Waals surface area contributed by atoms with E-state index in [9.17, 15) is 18.4 Å². The molecule has 1 heterocycles. The summed E-state index contributed by atoms with van der Waals surface area (Å²) < 4.78 is 28.9. The van der Waals surface area contributed by atoms with Gasteiger partial charge in [-0.05, 0) is 31.5 Å². The predicted octanol–water partition coefficient (Wildman–Crippen LogP) is 1.87. The summed E-state index contributed by atoms with van der Waals surface area (Å²) in [4.78, 5) is 25.6. The van der Waals surface area contributed by atoms with Crippen molar-refractivity contribution >= 4 is 18.0 Å². The van der Waals surface area contributed by atoms with E-state index in [0.29, 0.717) is 12.1 Å². The number of piperazine rings is 1. The molecule has 1 unspecified atom stereocenters. The van der Waals surface area contributed by atoms with Gasteiger partial charge in [0.05, 0.1) is 0 Å². The summed E-state index contributed by atoms with van der Waals surface area (Å²) in [6.07, 6.45) is 0.610. The third-order valence-corrected chi connectivity index (χ3v) is 4.45. The number of hydrogen-bond acceptors (Lipinski definition) is 4. The Morgan fingerprint density at radius 2 is 1.83 bits per heavy atom. The minimum absolute atomic E-state index is 0.00761. The number of carbonyl (C=O) groups is 2. The topological polar surface area (TPSA) is 52.7 Å². The van der Waals surface area contributed by atoms with Crippen LogP contribution in [0.4, 0.5) is 14.5 Å². The Hall–Kier alpha value is -2.02. The molecule has 5 nitrogen and oxygen atoms in total. The number of carbonyl (C=O) groups excluding carboxylic acids is 2. The fourth-order valence-electron chi connectivity index (χ4n) is 2.92. The number of anilines is 1. The normalized spacial score (nSPS) is 16.8. The molecule has 1 fully saturated rings. The van der Waals surface area contributed by atoms with Gasteiger partial charge < -0.3 is 9.80 Å². The highest BCUT2D eigenvalue weighted by Gasteiger charge is 2.21. The van der Waals surface area contributed by atoms with Gasteiger partial charge in [0, 0.05) is 43.9 Å². The van der Waals surface area contributed by atoms with Gasteiger partial charge in [0.15, 0.2) is 0 Å². The zero-order chi connectivity index (χ0) is 17.7. The molecule has 1 aromatic carbocycles. The molecule has 132 valence electrons. The summed E-state index contributed by atoms with van der Waals surface area (Å²) >= 11 is 0. The van der Waals surface area contributed by atoms with Crippen molar-refractivity contribution in [2.45, 2.75) is 25.7 Å². The minimum atomic E-state index is -0.591. The van der Waals surface area contributed by atoms with E-state index in [1.807, 2.05) is 17.3 Å². The molecule has 2 amide bonds. The van der Waals surface area contributed by atoms with Crippen molar-refractivity contribution in [1.29, 1.82) is 0 Å². The van der Waals surface area contributed by atoms with Crippen LogP contribution in [0.5, 0.6) is 0 Å². The van der Waals surface area contributed by atoms with E-state index in [-0.39, 0.29) is 18.4 Å². The maximum Gasteiger partial charge on any atom is 0.226 e. The number of amides is 2. The van der Waals surface area contributed by atoms with E-state index in [1.54, 1.807) is 6.92 Å². The average molecular weight is 339 g/mol. The molecule has 24 heavy (non-hydrogen) atoms. The lowest BCUT2D eigenvalue weighted by Crippen LogP contribution is -2.44. The summed E-state index contributed by atoms with van der Waals surface area (Å²) in [5.74, 6) is -2.09. The van der Waals surface area contributed by atoms with E-state index in [4.69, 9.17) is 0 Å². The van der Waals surface area contributed by atoms with Crippen LogP contribution in [0.3, 0.4) is 0 Å².